The smallest absolute Gasteiger partial charge is 0.191 e. The highest BCUT2D eigenvalue weighted by Crippen LogP contribution is 2.36. The lowest BCUT2D eigenvalue weighted by Crippen LogP contribution is -2.57. The molecule has 1 aliphatic heterocycles. The van der Waals surface area contributed by atoms with Crippen LogP contribution in [0.5, 0.6) is 11.5 Å². The number of methoxy groups -OCH3 is 2. The highest BCUT2D eigenvalue weighted by Gasteiger charge is 2.39. The van der Waals surface area contributed by atoms with Gasteiger partial charge in [-0.1, -0.05) is 18.9 Å². The van der Waals surface area contributed by atoms with Crippen LogP contribution in [0.3, 0.4) is 0 Å². The Morgan fingerprint density at radius 2 is 1.82 bits per heavy atom. The van der Waals surface area contributed by atoms with Crippen LogP contribution in [0.2, 0.25) is 0 Å². The molecule has 0 bridgehead atoms. The van der Waals surface area contributed by atoms with Crippen molar-refractivity contribution in [2.24, 2.45) is 4.99 Å². The zero-order valence-electron chi connectivity index (χ0n) is 17.4. The van der Waals surface area contributed by atoms with E-state index in [1.807, 2.05) is 25.2 Å². The lowest BCUT2D eigenvalue weighted by atomic mass is 9.94. The van der Waals surface area contributed by atoms with Gasteiger partial charge in [0.2, 0.25) is 0 Å². The summed E-state index contributed by atoms with van der Waals surface area (Å²) in [4.78, 5) is 7.16. The van der Waals surface area contributed by atoms with Crippen molar-refractivity contribution in [2.45, 2.75) is 37.8 Å². The van der Waals surface area contributed by atoms with Gasteiger partial charge in [-0.3, -0.25) is 9.89 Å². The number of nitrogens with zero attached hydrogens (tertiary/aromatic N) is 2. The van der Waals surface area contributed by atoms with Crippen LogP contribution in [-0.4, -0.2) is 68.8 Å². The molecule has 1 aromatic rings. The van der Waals surface area contributed by atoms with Crippen LogP contribution in [0.1, 0.15) is 31.2 Å². The van der Waals surface area contributed by atoms with E-state index in [4.69, 9.17) is 9.47 Å². The van der Waals surface area contributed by atoms with E-state index < -0.39 is 0 Å². The number of nitrogens with one attached hydrogen (secondary N) is 2. The Morgan fingerprint density at radius 1 is 1.11 bits per heavy atom. The molecule has 2 N–H and O–H groups in total. The zero-order valence-corrected chi connectivity index (χ0v) is 18.2. The molecule has 1 heterocycles. The molecule has 28 heavy (non-hydrogen) atoms. The summed E-state index contributed by atoms with van der Waals surface area (Å²) in [7, 11) is 5.15. The van der Waals surface area contributed by atoms with E-state index in [2.05, 4.69) is 32.3 Å². The summed E-state index contributed by atoms with van der Waals surface area (Å²) in [6.07, 6.45) is 5.25. The topological polar surface area (TPSA) is 58.1 Å². The van der Waals surface area contributed by atoms with Gasteiger partial charge in [0, 0.05) is 50.3 Å². The fourth-order valence-corrected chi connectivity index (χ4v) is 5.22. The number of thioether (sulfide) groups is 1. The highest BCUT2D eigenvalue weighted by molar-refractivity contribution is 7.99. The quantitative estimate of drug-likeness (QED) is 0.536. The van der Waals surface area contributed by atoms with Gasteiger partial charge >= 0.3 is 0 Å². The van der Waals surface area contributed by atoms with Gasteiger partial charge in [-0.05, 0) is 30.5 Å². The number of hydrogen-bond donors (Lipinski definition) is 2. The fraction of sp³-hybridized carbons (Fsp3) is 0.667. The molecular formula is C21H34N4O2S. The molecule has 7 heteroatoms. The van der Waals surface area contributed by atoms with E-state index in [1.165, 1.54) is 50.3 Å². The maximum absolute atomic E-state index is 5.40. The maximum Gasteiger partial charge on any atom is 0.191 e. The molecule has 0 spiro atoms. The summed E-state index contributed by atoms with van der Waals surface area (Å²) < 4.78 is 10.7. The van der Waals surface area contributed by atoms with Crippen LogP contribution in [0.4, 0.5) is 0 Å². The molecule has 2 fully saturated rings. The van der Waals surface area contributed by atoms with Crippen molar-refractivity contribution in [1.82, 2.24) is 15.5 Å². The van der Waals surface area contributed by atoms with E-state index in [9.17, 15) is 0 Å². The molecule has 1 aliphatic carbocycles. The largest absolute Gasteiger partial charge is 0.493 e. The van der Waals surface area contributed by atoms with E-state index in [0.717, 1.165) is 29.6 Å². The molecule has 1 saturated heterocycles. The number of rotatable bonds is 7. The van der Waals surface area contributed by atoms with Crippen molar-refractivity contribution in [3.05, 3.63) is 23.8 Å². The third-order valence-corrected chi connectivity index (χ3v) is 6.88. The molecule has 0 unspecified atom stereocenters. The average Bonchev–Trinajstić information content (AvgIpc) is 3.24. The normalized spacial score (nSPS) is 20.0. The van der Waals surface area contributed by atoms with Crippen LogP contribution >= 0.6 is 11.8 Å². The van der Waals surface area contributed by atoms with Crippen LogP contribution in [0.25, 0.3) is 0 Å². The molecule has 0 amide bonds. The monoisotopic (exact) mass is 406 g/mol. The average molecular weight is 407 g/mol. The molecule has 156 valence electrons. The van der Waals surface area contributed by atoms with Crippen molar-refractivity contribution >= 4 is 17.7 Å². The predicted octanol–water partition coefficient (Wildman–Crippen LogP) is 2.73. The summed E-state index contributed by atoms with van der Waals surface area (Å²) in [5.74, 6) is 4.86. The molecule has 1 saturated carbocycles. The maximum atomic E-state index is 5.40. The third-order valence-electron chi connectivity index (χ3n) is 5.93. The molecule has 3 rings (SSSR count). The highest BCUT2D eigenvalue weighted by atomic mass is 32.2. The third kappa shape index (κ3) is 5.06. The van der Waals surface area contributed by atoms with Gasteiger partial charge in [0.25, 0.3) is 0 Å². The molecule has 6 nitrogen and oxygen atoms in total. The summed E-state index contributed by atoms with van der Waals surface area (Å²) in [6.45, 7) is 4.07. The van der Waals surface area contributed by atoms with E-state index in [1.54, 1.807) is 14.2 Å². The Bertz CT molecular complexity index is 656. The van der Waals surface area contributed by atoms with Crippen LogP contribution < -0.4 is 20.1 Å². The van der Waals surface area contributed by atoms with Gasteiger partial charge in [-0.15, -0.1) is 0 Å². The summed E-state index contributed by atoms with van der Waals surface area (Å²) in [5, 5.41) is 7.04. The summed E-state index contributed by atoms with van der Waals surface area (Å²) in [6, 6.07) is 5.99. The Kier molecular flexibility index (Phi) is 7.73. The minimum absolute atomic E-state index is 0.294. The Hall–Kier alpha value is -1.60. The van der Waals surface area contributed by atoms with Gasteiger partial charge in [-0.25, -0.2) is 0 Å². The number of aliphatic imine (C=N–C) groups is 1. The summed E-state index contributed by atoms with van der Waals surface area (Å²) >= 11 is 2.08. The molecule has 2 aliphatic rings. The SMILES string of the molecule is CN=C(NCc1ccc(OC)c(OC)c1)NCC1(N2CCSCC2)CCCC1. The number of ether oxygens (including phenoxy) is 2. The van der Waals surface area contributed by atoms with Crippen molar-refractivity contribution < 1.29 is 9.47 Å². The lowest BCUT2D eigenvalue weighted by Gasteiger charge is -2.43. The first-order valence-electron chi connectivity index (χ1n) is 10.2. The first-order valence-corrected chi connectivity index (χ1v) is 11.3. The van der Waals surface area contributed by atoms with Gasteiger partial charge in [-0.2, -0.15) is 11.8 Å². The predicted molar refractivity (Wildman–Crippen MR) is 118 cm³/mol. The molecule has 0 radical (unpaired) electrons. The van der Waals surface area contributed by atoms with E-state index >= 15 is 0 Å². The van der Waals surface area contributed by atoms with Gasteiger partial charge in [0.1, 0.15) is 0 Å². The number of hydrogen-bond acceptors (Lipinski definition) is 5. The van der Waals surface area contributed by atoms with Crippen molar-refractivity contribution in [2.75, 3.05) is 52.4 Å². The second kappa shape index (κ2) is 10.3. The molecule has 1 aromatic carbocycles. The summed E-state index contributed by atoms with van der Waals surface area (Å²) in [5.41, 5.74) is 1.42. The zero-order chi connectivity index (χ0) is 19.8. The molecule has 0 atom stereocenters. The Morgan fingerprint density at radius 3 is 2.46 bits per heavy atom. The van der Waals surface area contributed by atoms with Crippen molar-refractivity contribution in [3.8, 4) is 11.5 Å². The molecular weight excluding hydrogens is 372 g/mol. The first kappa shape index (κ1) is 21.1. The fourth-order valence-electron chi connectivity index (χ4n) is 4.32. The lowest BCUT2D eigenvalue weighted by molar-refractivity contribution is 0.107. The second-order valence-corrected chi connectivity index (χ2v) is 8.72. The molecule has 0 aromatic heterocycles. The minimum atomic E-state index is 0.294. The minimum Gasteiger partial charge on any atom is -0.493 e. The first-order chi connectivity index (χ1) is 13.7. The Balaban J connectivity index is 1.57. The number of guanidine groups is 1. The van der Waals surface area contributed by atoms with Gasteiger partial charge in [0.15, 0.2) is 17.5 Å². The van der Waals surface area contributed by atoms with Crippen LogP contribution in [-0.2, 0) is 6.54 Å². The van der Waals surface area contributed by atoms with Crippen molar-refractivity contribution in [1.29, 1.82) is 0 Å². The van der Waals surface area contributed by atoms with Gasteiger partial charge in [0.05, 0.1) is 14.2 Å². The van der Waals surface area contributed by atoms with E-state index in [-0.39, 0.29) is 0 Å². The van der Waals surface area contributed by atoms with Crippen molar-refractivity contribution in [3.63, 3.8) is 0 Å². The van der Waals surface area contributed by atoms with Crippen LogP contribution in [0, 0.1) is 0 Å². The Labute approximate surface area is 173 Å². The number of benzene rings is 1. The van der Waals surface area contributed by atoms with Gasteiger partial charge < -0.3 is 20.1 Å². The van der Waals surface area contributed by atoms with E-state index in [0.29, 0.717) is 12.1 Å². The second-order valence-electron chi connectivity index (χ2n) is 7.50. The van der Waals surface area contributed by atoms with Crippen LogP contribution in [0.15, 0.2) is 23.2 Å². The standard InChI is InChI=1S/C21H34N4O2S/c1-22-20(23-15-17-6-7-18(26-2)19(14-17)27-3)24-16-21(8-4-5-9-21)25-10-12-28-13-11-25/h6-7,14H,4-5,8-13,15-16H2,1-3H3,(H2,22,23,24).